The van der Waals surface area contributed by atoms with Gasteiger partial charge < -0.3 is 0 Å². The van der Waals surface area contributed by atoms with Crippen molar-refractivity contribution in [2.24, 2.45) is 0 Å². The third-order valence-corrected chi connectivity index (χ3v) is 11.6. The second-order valence-corrected chi connectivity index (χ2v) is 15.3. The molecule has 0 fully saturated rings. The van der Waals surface area contributed by atoms with Crippen molar-refractivity contribution in [1.82, 2.24) is 34.1 Å². The fourth-order valence-electron chi connectivity index (χ4n) is 8.80. The van der Waals surface area contributed by atoms with E-state index in [9.17, 15) is 0 Å². The van der Waals surface area contributed by atoms with Crippen molar-refractivity contribution in [2.75, 3.05) is 0 Å². The molecule has 7 heteroatoms. The minimum atomic E-state index is 0.690. The van der Waals surface area contributed by atoms with Gasteiger partial charge in [0.05, 0.1) is 68.1 Å². The average molecular weight is 794 g/mol. The van der Waals surface area contributed by atoms with Crippen molar-refractivity contribution in [2.45, 2.75) is 0 Å². The van der Waals surface area contributed by atoms with Crippen LogP contribution in [0.2, 0.25) is 0 Å². The first-order valence-corrected chi connectivity index (χ1v) is 20.7. The summed E-state index contributed by atoms with van der Waals surface area (Å²) in [5.41, 5.74) is 12.3. The first-order chi connectivity index (χ1) is 30.7. The molecule has 6 aromatic heterocycles. The quantitative estimate of drug-likeness (QED) is 0.161. The zero-order chi connectivity index (χ0) is 41.0. The van der Waals surface area contributed by atoms with Crippen LogP contribution >= 0.6 is 0 Å². The summed E-state index contributed by atoms with van der Waals surface area (Å²) in [5.74, 6) is 1.60. The SMILES string of the molecule is c1ccc(-c2cnc(-c3ccccc3)c(-c3cc(-c4cccc(-n5c6ccccc6c6ccccc65)n4)nc(-c4cccc(-n5c6ccccc6c6ccccc65)n4)c3)n2)cc1. The van der Waals surface area contributed by atoms with Crippen LogP contribution in [0.1, 0.15) is 0 Å². The average Bonchev–Trinajstić information content (AvgIpc) is 3.87. The Kier molecular flexibility index (Phi) is 8.35. The molecule has 7 nitrogen and oxygen atoms in total. The molecule has 0 unspecified atom stereocenters. The zero-order valence-electron chi connectivity index (χ0n) is 33.3. The van der Waals surface area contributed by atoms with Gasteiger partial charge in [-0.2, -0.15) is 0 Å². The maximum absolute atomic E-state index is 5.38. The number of rotatable bonds is 7. The molecule has 0 aliphatic carbocycles. The highest BCUT2D eigenvalue weighted by atomic mass is 15.1. The van der Waals surface area contributed by atoms with Gasteiger partial charge >= 0.3 is 0 Å². The highest BCUT2D eigenvalue weighted by Gasteiger charge is 2.20. The second-order valence-electron chi connectivity index (χ2n) is 15.3. The van der Waals surface area contributed by atoms with Gasteiger partial charge in [0.1, 0.15) is 11.6 Å². The molecule has 0 atom stereocenters. The standard InChI is InChI=1S/C55H35N7/c1-3-17-36(18-4-1)47-35-56-54(37-19-5-2-6-20-37)55(60-47)38-33-45(43-25-15-31-52(58-43)61-48-27-11-7-21-39(48)40-22-8-12-28-49(40)61)57-46(34-38)44-26-16-32-53(59-44)62-50-29-13-9-23-41(50)42-24-10-14-30-51(42)62/h1-35H. The molecule has 6 heterocycles. The van der Waals surface area contributed by atoms with Crippen LogP contribution in [0.5, 0.6) is 0 Å². The van der Waals surface area contributed by atoms with Gasteiger partial charge in [0.15, 0.2) is 0 Å². The Bertz CT molecular complexity index is 3360. The van der Waals surface area contributed by atoms with E-state index in [4.69, 9.17) is 24.9 Å². The Morgan fingerprint density at radius 3 is 1.16 bits per heavy atom. The summed E-state index contributed by atoms with van der Waals surface area (Å²) in [5, 5.41) is 4.71. The monoisotopic (exact) mass is 793 g/mol. The Hall–Kier alpha value is -8.55. The van der Waals surface area contributed by atoms with Crippen molar-refractivity contribution in [3.63, 3.8) is 0 Å². The molecule has 6 aromatic carbocycles. The number of benzene rings is 6. The topological polar surface area (TPSA) is 74.3 Å². The van der Waals surface area contributed by atoms with Crippen molar-refractivity contribution in [3.05, 3.63) is 212 Å². The summed E-state index contributed by atoms with van der Waals surface area (Å²) >= 11 is 0. The third-order valence-electron chi connectivity index (χ3n) is 11.6. The summed E-state index contributed by atoms with van der Waals surface area (Å²) < 4.78 is 4.47. The normalized spacial score (nSPS) is 11.5. The van der Waals surface area contributed by atoms with Crippen LogP contribution in [0, 0.1) is 0 Å². The maximum atomic E-state index is 5.38. The molecule has 290 valence electrons. The van der Waals surface area contributed by atoms with E-state index in [2.05, 4.69) is 167 Å². The van der Waals surface area contributed by atoms with Crippen molar-refractivity contribution >= 4 is 43.6 Å². The number of nitrogens with zero attached hydrogens (tertiary/aromatic N) is 7. The summed E-state index contributed by atoms with van der Waals surface area (Å²) in [6.45, 7) is 0. The number of aromatic nitrogens is 7. The molecule has 62 heavy (non-hydrogen) atoms. The van der Waals surface area contributed by atoms with Gasteiger partial charge in [-0.1, -0.05) is 146 Å². The van der Waals surface area contributed by atoms with Crippen LogP contribution in [0.4, 0.5) is 0 Å². The smallest absolute Gasteiger partial charge is 0.138 e. The van der Waals surface area contributed by atoms with Gasteiger partial charge in [-0.25, -0.2) is 19.9 Å². The molecule has 12 rings (SSSR count). The van der Waals surface area contributed by atoms with E-state index < -0.39 is 0 Å². The van der Waals surface area contributed by atoms with E-state index in [0.717, 1.165) is 78.9 Å². The Balaban J connectivity index is 1.09. The summed E-state index contributed by atoms with van der Waals surface area (Å²) in [7, 11) is 0. The zero-order valence-corrected chi connectivity index (χ0v) is 33.3. The minimum absolute atomic E-state index is 0.690. The van der Waals surface area contributed by atoms with Crippen LogP contribution in [0.15, 0.2) is 212 Å². The lowest BCUT2D eigenvalue weighted by Gasteiger charge is -2.15. The van der Waals surface area contributed by atoms with E-state index in [-0.39, 0.29) is 0 Å². The van der Waals surface area contributed by atoms with Crippen molar-refractivity contribution < 1.29 is 0 Å². The van der Waals surface area contributed by atoms with Crippen LogP contribution < -0.4 is 0 Å². The van der Waals surface area contributed by atoms with Gasteiger partial charge in [-0.3, -0.25) is 14.1 Å². The lowest BCUT2D eigenvalue weighted by molar-refractivity contribution is 1.07. The Morgan fingerprint density at radius 2 is 0.694 bits per heavy atom. The predicted octanol–water partition coefficient (Wildman–Crippen LogP) is 13.2. The Labute approximate surface area is 356 Å². The van der Waals surface area contributed by atoms with Gasteiger partial charge in [0, 0.05) is 38.2 Å². The predicted molar refractivity (Wildman–Crippen MR) is 251 cm³/mol. The van der Waals surface area contributed by atoms with E-state index in [1.54, 1.807) is 0 Å². The fourth-order valence-corrected chi connectivity index (χ4v) is 8.80. The van der Waals surface area contributed by atoms with E-state index in [1.165, 1.54) is 21.5 Å². The molecular formula is C55H35N7. The molecule has 0 radical (unpaired) electrons. The van der Waals surface area contributed by atoms with Crippen molar-refractivity contribution in [3.8, 4) is 68.2 Å². The molecular weight excluding hydrogens is 759 g/mol. The number of hydrogen-bond donors (Lipinski definition) is 0. The molecule has 0 saturated carbocycles. The van der Waals surface area contributed by atoms with Gasteiger partial charge in [-0.15, -0.1) is 0 Å². The number of hydrogen-bond acceptors (Lipinski definition) is 5. The third kappa shape index (κ3) is 5.94. The first kappa shape index (κ1) is 35.4. The number of para-hydroxylation sites is 4. The molecule has 0 bridgehead atoms. The Morgan fingerprint density at radius 1 is 0.274 bits per heavy atom. The largest absolute Gasteiger partial charge is 0.294 e. The molecule has 0 aliphatic heterocycles. The minimum Gasteiger partial charge on any atom is -0.294 e. The maximum Gasteiger partial charge on any atom is 0.138 e. The number of pyridine rings is 3. The van der Waals surface area contributed by atoms with Gasteiger partial charge in [-0.05, 0) is 60.7 Å². The number of fused-ring (bicyclic) bond motifs is 6. The van der Waals surface area contributed by atoms with Crippen molar-refractivity contribution in [1.29, 1.82) is 0 Å². The highest BCUT2D eigenvalue weighted by molar-refractivity contribution is 6.10. The van der Waals surface area contributed by atoms with Gasteiger partial charge in [0.2, 0.25) is 0 Å². The van der Waals surface area contributed by atoms with E-state index in [0.29, 0.717) is 11.4 Å². The van der Waals surface area contributed by atoms with Gasteiger partial charge in [0.25, 0.3) is 0 Å². The van der Waals surface area contributed by atoms with Crippen LogP contribution in [-0.4, -0.2) is 34.1 Å². The molecule has 0 spiro atoms. The second kappa shape index (κ2) is 14.6. The molecule has 0 aliphatic rings. The fraction of sp³-hybridized carbons (Fsp3) is 0. The summed E-state index contributed by atoms with van der Waals surface area (Å²) in [6, 6.07) is 70.8. The summed E-state index contributed by atoms with van der Waals surface area (Å²) in [6.07, 6.45) is 1.86. The summed E-state index contributed by atoms with van der Waals surface area (Å²) in [4.78, 5) is 26.6. The highest BCUT2D eigenvalue weighted by Crippen LogP contribution is 2.37. The molecule has 12 aromatic rings. The molecule has 0 saturated heterocycles. The van der Waals surface area contributed by atoms with Crippen LogP contribution in [0.25, 0.3) is 112 Å². The van der Waals surface area contributed by atoms with E-state index >= 15 is 0 Å². The van der Waals surface area contributed by atoms with E-state index in [1.807, 2.05) is 54.7 Å². The lowest BCUT2D eigenvalue weighted by atomic mass is 10.0. The lowest BCUT2D eigenvalue weighted by Crippen LogP contribution is -2.02. The molecule has 0 N–H and O–H groups in total. The van der Waals surface area contributed by atoms with Crippen LogP contribution in [-0.2, 0) is 0 Å². The molecule has 0 amide bonds. The first-order valence-electron chi connectivity index (χ1n) is 20.7. The van der Waals surface area contributed by atoms with Crippen LogP contribution in [0.3, 0.4) is 0 Å².